The van der Waals surface area contributed by atoms with E-state index in [-0.39, 0.29) is 17.8 Å². The van der Waals surface area contributed by atoms with Crippen LogP contribution >= 0.6 is 0 Å². The monoisotopic (exact) mass is 293 g/mol. The molecule has 4 amide bonds. The van der Waals surface area contributed by atoms with Crippen LogP contribution in [0.25, 0.3) is 0 Å². The van der Waals surface area contributed by atoms with Crippen molar-refractivity contribution in [2.75, 3.05) is 18.4 Å². The number of carboxylic acid groups (broad SMARTS) is 1. The number of carbonyl (C=O) groups excluding carboxylic acids is 3. The van der Waals surface area contributed by atoms with Crippen molar-refractivity contribution in [2.24, 2.45) is 0 Å². The standard InChI is InChI=1S/C12H11N3O6/c16-8(5-15-9(17)4-13-12(15)21)14-7-3-1-2-6(10(7)18)11(19)20/h1-3,18H,4-5H2,(H,13,21)(H,14,16)(H,19,20). The number of nitrogens with one attached hydrogen (secondary N) is 2. The van der Waals surface area contributed by atoms with Gasteiger partial charge in [0.25, 0.3) is 5.91 Å². The van der Waals surface area contributed by atoms with E-state index >= 15 is 0 Å². The minimum Gasteiger partial charge on any atom is -0.505 e. The third kappa shape index (κ3) is 2.91. The molecule has 0 aliphatic carbocycles. The van der Waals surface area contributed by atoms with Gasteiger partial charge in [-0.15, -0.1) is 0 Å². The van der Waals surface area contributed by atoms with Crippen molar-refractivity contribution in [3.05, 3.63) is 23.8 Å². The summed E-state index contributed by atoms with van der Waals surface area (Å²) in [7, 11) is 0. The number of benzene rings is 1. The first-order valence-corrected chi connectivity index (χ1v) is 5.83. The predicted octanol–water partition coefficient (Wildman–Crippen LogP) is -0.419. The van der Waals surface area contributed by atoms with Crippen LogP contribution in [0.15, 0.2) is 18.2 Å². The highest BCUT2D eigenvalue weighted by Crippen LogP contribution is 2.27. The average molecular weight is 293 g/mol. The van der Waals surface area contributed by atoms with Gasteiger partial charge in [0.1, 0.15) is 12.1 Å². The number of aromatic carboxylic acids is 1. The SMILES string of the molecule is O=C(CN1C(=O)CNC1=O)Nc1cccc(C(=O)O)c1O. The molecule has 2 rings (SSSR count). The summed E-state index contributed by atoms with van der Waals surface area (Å²) in [6.45, 7) is -0.701. The Morgan fingerprint density at radius 2 is 2.05 bits per heavy atom. The lowest BCUT2D eigenvalue weighted by molar-refractivity contribution is -0.128. The number of carboxylic acids is 1. The molecule has 0 radical (unpaired) electrons. The fraction of sp³-hybridized carbons (Fsp3) is 0.167. The van der Waals surface area contributed by atoms with Crippen molar-refractivity contribution in [2.45, 2.75) is 0 Å². The number of aromatic hydroxyl groups is 1. The molecular weight excluding hydrogens is 282 g/mol. The maximum absolute atomic E-state index is 11.7. The van der Waals surface area contributed by atoms with Gasteiger partial charge in [-0.2, -0.15) is 0 Å². The van der Waals surface area contributed by atoms with E-state index in [1.807, 2.05) is 0 Å². The quantitative estimate of drug-likeness (QED) is 0.439. The van der Waals surface area contributed by atoms with Crippen molar-refractivity contribution in [1.29, 1.82) is 0 Å². The van der Waals surface area contributed by atoms with Crippen LogP contribution in [0, 0.1) is 0 Å². The van der Waals surface area contributed by atoms with Crippen molar-refractivity contribution in [3.63, 3.8) is 0 Å². The number of amides is 4. The van der Waals surface area contributed by atoms with E-state index in [1.54, 1.807) is 0 Å². The molecule has 1 aliphatic heterocycles. The van der Waals surface area contributed by atoms with Gasteiger partial charge in [-0.05, 0) is 12.1 Å². The van der Waals surface area contributed by atoms with Crippen LogP contribution in [-0.2, 0) is 9.59 Å². The van der Waals surface area contributed by atoms with Crippen molar-refractivity contribution in [3.8, 4) is 5.75 Å². The fourth-order valence-corrected chi connectivity index (χ4v) is 1.77. The van der Waals surface area contributed by atoms with E-state index in [4.69, 9.17) is 5.11 Å². The summed E-state index contributed by atoms with van der Waals surface area (Å²) in [5.74, 6) is -3.23. The number of rotatable bonds is 4. The van der Waals surface area contributed by atoms with Gasteiger partial charge in [0.05, 0.1) is 12.2 Å². The second-order valence-electron chi connectivity index (χ2n) is 4.19. The first-order chi connectivity index (χ1) is 9.90. The summed E-state index contributed by atoms with van der Waals surface area (Å²) in [5.41, 5.74) is -0.491. The summed E-state index contributed by atoms with van der Waals surface area (Å²) >= 11 is 0. The minimum absolute atomic E-state index is 0.119. The van der Waals surface area contributed by atoms with Gasteiger partial charge in [0.15, 0.2) is 5.75 Å². The molecule has 21 heavy (non-hydrogen) atoms. The maximum Gasteiger partial charge on any atom is 0.339 e. The van der Waals surface area contributed by atoms with Gasteiger partial charge in [-0.1, -0.05) is 6.07 Å². The zero-order valence-electron chi connectivity index (χ0n) is 10.6. The number of phenols is 1. The first-order valence-electron chi connectivity index (χ1n) is 5.83. The van der Waals surface area contributed by atoms with Crippen LogP contribution in [0.5, 0.6) is 5.75 Å². The van der Waals surface area contributed by atoms with Gasteiger partial charge in [0.2, 0.25) is 5.91 Å². The zero-order chi connectivity index (χ0) is 15.6. The lowest BCUT2D eigenvalue weighted by Crippen LogP contribution is -2.38. The molecule has 1 aliphatic rings. The predicted molar refractivity (Wildman–Crippen MR) is 68.8 cm³/mol. The number of hydrogen-bond donors (Lipinski definition) is 4. The summed E-state index contributed by atoms with van der Waals surface area (Å²) in [5, 5.41) is 23.1. The van der Waals surface area contributed by atoms with Crippen molar-refractivity contribution in [1.82, 2.24) is 10.2 Å². The highest BCUT2D eigenvalue weighted by atomic mass is 16.4. The highest BCUT2D eigenvalue weighted by molar-refractivity contribution is 6.06. The topological polar surface area (TPSA) is 136 Å². The van der Waals surface area contributed by atoms with Gasteiger partial charge >= 0.3 is 12.0 Å². The molecule has 0 aromatic heterocycles. The zero-order valence-corrected chi connectivity index (χ0v) is 10.6. The molecule has 1 saturated heterocycles. The van der Waals surface area contributed by atoms with Crippen LogP contribution in [0.2, 0.25) is 0 Å². The number of anilines is 1. The Morgan fingerprint density at radius 1 is 1.33 bits per heavy atom. The van der Waals surface area contributed by atoms with Crippen LogP contribution in [-0.4, -0.2) is 52.0 Å². The molecule has 0 unspecified atom stereocenters. The second kappa shape index (κ2) is 5.49. The Hall–Kier alpha value is -3.10. The molecule has 9 heteroatoms. The van der Waals surface area contributed by atoms with Gasteiger partial charge in [-0.25, -0.2) is 9.59 Å². The molecule has 1 aromatic rings. The summed E-state index contributed by atoms with van der Waals surface area (Å²) in [6.07, 6.45) is 0. The largest absolute Gasteiger partial charge is 0.505 e. The molecule has 1 fully saturated rings. The second-order valence-corrected chi connectivity index (χ2v) is 4.19. The number of urea groups is 1. The Morgan fingerprint density at radius 3 is 2.62 bits per heavy atom. The Labute approximate surface area is 118 Å². The van der Waals surface area contributed by atoms with Crippen molar-refractivity contribution < 1.29 is 29.4 Å². The summed E-state index contributed by atoms with van der Waals surface area (Å²) in [4.78, 5) is 45.9. The molecule has 9 nitrogen and oxygen atoms in total. The number of carbonyl (C=O) groups is 4. The van der Waals surface area contributed by atoms with Gasteiger partial charge in [-0.3, -0.25) is 14.5 Å². The van der Waals surface area contributed by atoms with Crippen molar-refractivity contribution >= 4 is 29.5 Å². The molecule has 1 aromatic carbocycles. The smallest absolute Gasteiger partial charge is 0.339 e. The van der Waals surface area contributed by atoms with Gasteiger partial charge < -0.3 is 20.8 Å². The van der Waals surface area contributed by atoms with E-state index in [0.717, 1.165) is 0 Å². The van der Waals surface area contributed by atoms with E-state index in [0.29, 0.717) is 4.90 Å². The molecular formula is C12H11N3O6. The third-order valence-corrected chi connectivity index (χ3v) is 2.78. The molecule has 1 heterocycles. The van der Waals surface area contributed by atoms with Crippen LogP contribution in [0.4, 0.5) is 10.5 Å². The van der Waals surface area contributed by atoms with Crippen LogP contribution in [0.3, 0.4) is 0 Å². The molecule has 4 N–H and O–H groups in total. The average Bonchev–Trinajstić information content (AvgIpc) is 2.72. The van der Waals surface area contributed by atoms with Crippen LogP contribution < -0.4 is 10.6 Å². The third-order valence-electron chi connectivity index (χ3n) is 2.78. The number of hydrogen-bond acceptors (Lipinski definition) is 5. The Bertz CT molecular complexity index is 626. The lowest BCUT2D eigenvalue weighted by atomic mass is 10.1. The molecule has 0 atom stereocenters. The first kappa shape index (κ1) is 14.3. The van der Waals surface area contributed by atoms with Gasteiger partial charge in [0, 0.05) is 0 Å². The van der Waals surface area contributed by atoms with E-state index < -0.39 is 36.1 Å². The Kier molecular flexibility index (Phi) is 3.74. The summed E-state index contributed by atoms with van der Waals surface area (Å²) in [6, 6.07) is 3.13. The Balaban J connectivity index is 2.10. The van der Waals surface area contributed by atoms with E-state index in [9.17, 15) is 24.3 Å². The molecule has 0 bridgehead atoms. The fourth-order valence-electron chi connectivity index (χ4n) is 1.77. The highest BCUT2D eigenvalue weighted by Gasteiger charge is 2.30. The number of nitrogens with zero attached hydrogens (tertiary/aromatic N) is 1. The number of para-hydroxylation sites is 1. The minimum atomic E-state index is -1.35. The van der Waals surface area contributed by atoms with E-state index in [1.165, 1.54) is 18.2 Å². The molecule has 0 saturated carbocycles. The van der Waals surface area contributed by atoms with E-state index in [2.05, 4.69) is 10.6 Å². The van der Waals surface area contributed by atoms with Crippen LogP contribution in [0.1, 0.15) is 10.4 Å². The number of imide groups is 1. The maximum atomic E-state index is 11.7. The summed E-state index contributed by atoms with van der Waals surface area (Å²) < 4.78 is 0. The molecule has 0 spiro atoms. The normalized spacial score (nSPS) is 14.0. The lowest BCUT2D eigenvalue weighted by Gasteiger charge is -2.13. The molecule has 110 valence electrons.